The highest BCUT2D eigenvalue weighted by molar-refractivity contribution is 5.69. The summed E-state index contributed by atoms with van der Waals surface area (Å²) in [7, 11) is 1.69. The molecule has 0 aromatic carbocycles. The Hall–Kier alpha value is -1.59. The summed E-state index contributed by atoms with van der Waals surface area (Å²) < 4.78 is 5.31. The van der Waals surface area contributed by atoms with Crippen LogP contribution in [-0.4, -0.2) is 56.3 Å². The van der Waals surface area contributed by atoms with Gasteiger partial charge in [0.15, 0.2) is 0 Å². The van der Waals surface area contributed by atoms with E-state index in [9.17, 15) is 0 Å². The van der Waals surface area contributed by atoms with E-state index < -0.39 is 0 Å². The zero-order valence-corrected chi connectivity index (χ0v) is 13.4. The van der Waals surface area contributed by atoms with Crippen molar-refractivity contribution in [2.24, 2.45) is 11.7 Å². The second kappa shape index (κ2) is 7.11. The summed E-state index contributed by atoms with van der Waals surface area (Å²) in [4.78, 5) is 9.41. The van der Waals surface area contributed by atoms with Gasteiger partial charge in [-0.15, -0.1) is 0 Å². The number of nitrogens with zero attached hydrogens (tertiary/aromatic N) is 3. The highest BCUT2D eigenvalue weighted by Crippen LogP contribution is 2.28. The molecule has 2 N–H and O–H groups in total. The topological polar surface area (TPSA) is 54.6 Å². The van der Waals surface area contributed by atoms with E-state index in [-0.39, 0.29) is 0 Å². The van der Waals surface area contributed by atoms with Crippen LogP contribution in [0.1, 0.15) is 18.5 Å². The van der Waals surface area contributed by atoms with Crippen molar-refractivity contribution >= 4 is 11.8 Å². The van der Waals surface area contributed by atoms with E-state index in [4.69, 9.17) is 10.5 Å². The number of hydrogen-bond donors (Lipinski definition) is 1. The molecule has 0 bridgehead atoms. The standard InChI is InChI=1S/C17H26N4O/c1-22-15-10-17-16(19-12-15)5-3-7-21(17)9-8-20-6-2-4-14(11-18)13-20/h3,5,10,12,14H,2,4,6-9,11,13,18H2,1H3/t14-/m0/s1. The number of nitrogens with two attached hydrogens (primary N) is 1. The average Bonchev–Trinajstić information content (AvgIpc) is 2.59. The van der Waals surface area contributed by atoms with Gasteiger partial charge in [-0.25, -0.2) is 0 Å². The number of piperidine rings is 1. The van der Waals surface area contributed by atoms with Gasteiger partial charge >= 0.3 is 0 Å². The molecule has 22 heavy (non-hydrogen) atoms. The Morgan fingerprint density at radius 3 is 3.14 bits per heavy atom. The number of ether oxygens (including phenoxy) is 1. The minimum absolute atomic E-state index is 0.670. The molecule has 1 fully saturated rings. The smallest absolute Gasteiger partial charge is 0.139 e. The summed E-state index contributed by atoms with van der Waals surface area (Å²) in [6.45, 7) is 6.19. The van der Waals surface area contributed by atoms with Crippen molar-refractivity contribution in [3.8, 4) is 5.75 Å². The van der Waals surface area contributed by atoms with Gasteiger partial charge in [0.2, 0.25) is 0 Å². The predicted molar refractivity (Wildman–Crippen MR) is 90.3 cm³/mol. The lowest BCUT2D eigenvalue weighted by molar-refractivity contribution is 0.182. The van der Waals surface area contributed by atoms with Crippen molar-refractivity contribution < 1.29 is 4.74 Å². The number of pyridine rings is 1. The molecular formula is C17H26N4O. The number of likely N-dealkylation sites (tertiary alicyclic amines) is 1. The normalized spacial score (nSPS) is 21.7. The molecule has 0 saturated carbocycles. The number of methoxy groups -OCH3 is 1. The Kier molecular flexibility index (Phi) is 4.95. The van der Waals surface area contributed by atoms with Gasteiger partial charge in [0.05, 0.1) is 24.7 Å². The Morgan fingerprint density at radius 2 is 2.32 bits per heavy atom. The van der Waals surface area contributed by atoms with Crippen molar-refractivity contribution in [2.75, 3.05) is 51.3 Å². The molecule has 2 aliphatic rings. The van der Waals surface area contributed by atoms with Crippen LogP contribution in [0.15, 0.2) is 18.3 Å². The maximum atomic E-state index is 5.83. The second-order valence-corrected chi connectivity index (χ2v) is 6.17. The molecule has 0 amide bonds. The Bertz CT molecular complexity index is 531. The third-order valence-electron chi connectivity index (χ3n) is 4.67. The SMILES string of the molecule is COc1cnc2c(c1)N(CCN1CCC[C@@H](CN)C1)CC=C2. The van der Waals surface area contributed by atoms with Gasteiger partial charge in [-0.05, 0) is 37.9 Å². The summed E-state index contributed by atoms with van der Waals surface area (Å²) in [5.41, 5.74) is 8.04. The Balaban J connectivity index is 1.63. The maximum absolute atomic E-state index is 5.83. The van der Waals surface area contributed by atoms with Gasteiger partial charge in [-0.3, -0.25) is 4.98 Å². The molecule has 1 atom stereocenters. The first kappa shape index (κ1) is 15.3. The molecule has 1 aromatic heterocycles. The number of anilines is 1. The number of fused-ring (bicyclic) bond motifs is 1. The lowest BCUT2D eigenvalue weighted by Crippen LogP contribution is -2.43. The lowest BCUT2D eigenvalue weighted by Gasteiger charge is -2.35. The second-order valence-electron chi connectivity index (χ2n) is 6.17. The fourth-order valence-corrected chi connectivity index (χ4v) is 3.35. The van der Waals surface area contributed by atoms with Crippen molar-refractivity contribution in [1.82, 2.24) is 9.88 Å². The van der Waals surface area contributed by atoms with Crippen LogP contribution in [0.4, 0.5) is 5.69 Å². The van der Waals surface area contributed by atoms with Gasteiger partial charge in [0.25, 0.3) is 0 Å². The van der Waals surface area contributed by atoms with E-state index in [1.807, 2.05) is 0 Å². The van der Waals surface area contributed by atoms with Crippen LogP contribution >= 0.6 is 0 Å². The van der Waals surface area contributed by atoms with Crippen LogP contribution in [-0.2, 0) is 0 Å². The summed E-state index contributed by atoms with van der Waals surface area (Å²) in [5, 5.41) is 0. The molecule has 0 unspecified atom stereocenters. The van der Waals surface area contributed by atoms with E-state index in [0.717, 1.165) is 44.2 Å². The first-order chi connectivity index (χ1) is 10.8. The monoisotopic (exact) mass is 302 g/mol. The molecule has 1 saturated heterocycles. The molecule has 3 heterocycles. The first-order valence-electron chi connectivity index (χ1n) is 8.18. The molecule has 2 aliphatic heterocycles. The molecular weight excluding hydrogens is 276 g/mol. The van der Waals surface area contributed by atoms with Crippen molar-refractivity contribution in [2.45, 2.75) is 12.8 Å². The maximum Gasteiger partial charge on any atom is 0.139 e. The molecule has 0 spiro atoms. The lowest BCUT2D eigenvalue weighted by atomic mass is 9.98. The zero-order chi connectivity index (χ0) is 15.4. The summed E-state index contributed by atoms with van der Waals surface area (Å²) in [6, 6.07) is 2.09. The van der Waals surface area contributed by atoms with E-state index in [1.165, 1.54) is 25.1 Å². The fraction of sp³-hybridized carbons (Fsp3) is 0.588. The molecule has 0 aliphatic carbocycles. The molecule has 0 radical (unpaired) electrons. The number of aromatic nitrogens is 1. The number of rotatable bonds is 5. The van der Waals surface area contributed by atoms with Crippen molar-refractivity contribution in [3.05, 3.63) is 24.0 Å². The van der Waals surface area contributed by atoms with E-state index in [0.29, 0.717) is 5.92 Å². The van der Waals surface area contributed by atoms with Crippen LogP contribution < -0.4 is 15.4 Å². The average molecular weight is 302 g/mol. The minimum Gasteiger partial charge on any atom is -0.495 e. The highest BCUT2D eigenvalue weighted by atomic mass is 16.5. The summed E-state index contributed by atoms with van der Waals surface area (Å²) in [6.07, 6.45) is 8.61. The third kappa shape index (κ3) is 3.42. The zero-order valence-electron chi connectivity index (χ0n) is 13.4. The Morgan fingerprint density at radius 1 is 1.41 bits per heavy atom. The minimum atomic E-state index is 0.670. The van der Waals surface area contributed by atoms with Crippen LogP contribution in [0, 0.1) is 5.92 Å². The third-order valence-corrected chi connectivity index (χ3v) is 4.67. The van der Waals surface area contributed by atoms with Gasteiger partial charge in [0.1, 0.15) is 5.75 Å². The molecule has 5 heteroatoms. The van der Waals surface area contributed by atoms with Crippen LogP contribution in [0.2, 0.25) is 0 Å². The highest BCUT2D eigenvalue weighted by Gasteiger charge is 2.20. The first-order valence-corrected chi connectivity index (χ1v) is 8.18. The van der Waals surface area contributed by atoms with Crippen molar-refractivity contribution in [1.29, 1.82) is 0 Å². The van der Waals surface area contributed by atoms with Gasteiger partial charge in [0, 0.05) is 32.2 Å². The van der Waals surface area contributed by atoms with E-state index >= 15 is 0 Å². The van der Waals surface area contributed by atoms with Gasteiger partial charge in [-0.1, -0.05) is 6.08 Å². The fourth-order valence-electron chi connectivity index (χ4n) is 3.35. The van der Waals surface area contributed by atoms with E-state index in [2.05, 4.69) is 33.0 Å². The largest absolute Gasteiger partial charge is 0.495 e. The molecule has 3 rings (SSSR count). The quantitative estimate of drug-likeness (QED) is 0.895. The van der Waals surface area contributed by atoms with Gasteiger partial charge in [-0.2, -0.15) is 0 Å². The van der Waals surface area contributed by atoms with Crippen LogP contribution in [0.3, 0.4) is 0 Å². The molecule has 1 aromatic rings. The van der Waals surface area contributed by atoms with E-state index in [1.54, 1.807) is 13.3 Å². The van der Waals surface area contributed by atoms with Crippen LogP contribution in [0.5, 0.6) is 5.75 Å². The molecule has 5 nitrogen and oxygen atoms in total. The van der Waals surface area contributed by atoms with Crippen LogP contribution in [0.25, 0.3) is 6.08 Å². The molecule has 120 valence electrons. The summed E-state index contributed by atoms with van der Waals surface area (Å²) in [5.74, 6) is 1.49. The van der Waals surface area contributed by atoms with Gasteiger partial charge < -0.3 is 20.3 Å². The summed E-state index contributed by atoms with van der Waals surface area (Å²) >= 11 is 0. The predicted octanol–water partition coefficient (Wildman–Crippen LogP) is 1.59. The van der Waals surface area contributed by atoms with Crippen molar-refractivity contribution in [3.63, 3.8) is 0 Å². The Labute approximate surface area is 132 Å². The number of hydrogen-bond acceptors (Lipinski definition) is 5.